The van der Waals surface area contributed by atoms with Crippen molar-refractivity contribution in [2.24, 2.45) is 0 Å². The maximum atomic E-state index is 13.5. The minimum absolute atomic E-state index is 0.0454. The quantitative estimate of drug-likeness (QED) is 0.306. The molecule has 1 fully saturated rings. The van der Waals surface area contributed by atoms with E-state index in [1.165, 1.54) is 9.21 Å². The minimum Gasteiger partial charge on any atom is -0.481 e. The first-order chi connectivity index (χ1) is 18.0. The zero-order chi connectivity index (χ0) is 27.6. The summed E-state index contributed by atoms with van der Waals surface area (Å²) in [5.41, 5.74) is 1.02. The zero-order valence-corrected chi connectivity index (χ0v) is 23.4. The number of halogens is 1. The molecule has 2 heterocycles. The number of amides is 1. The molecule has 4 rings (SSSR count). The third kappa shape index (κ3) is 5.85. The van der Waals surface area contributed by atoms with Gasteiger partial charge in [-0.3, -0.25) is 15.0 Å². The summed E-state index contributed by atoms with van der Waals surface area (Å²) in [6.45, 7) is 2.74. The number of aliphatic carboxylic acids is 1. The van der Waals surface area contributed by atoms with Crippen LogP contribution in [0.25, 0.3) is 10.1 Å². The van der Waals surface area contributed by atoms with E-state index in [-0.39, 0.29) is 36.2 Å². The third-order valence-corrected chi connectivity index (χ3v) is 10.2. The van der Waals surface area contributed by atoms with Crippen molar-refractivity contribution in [3.05, 3.63) is 64.7 Å². The van der Waals surface area contributed by atoms with E-state index >= 15 is 0 Å². The van der Waals surface area contributed by atoms with E-state index in [4.69, 9.17) is 17.0 Å². The van der Waals surface area contributed by atoms with Crippen LogP contribution in [0.4, 0.5) is 0 Å². The van der Waals surface area contributed by atoms with Crippen molar-refractivity contribution in [3.63, 3.8) is 0 Å². The normalized spacial score (nSPS) is 16.5. The number of carboxylic acid groups (broad SMARTS) is 1. The number of thiophene rings is 1. The standard InChI is InChI=1S/C26H29ClN4O5S2/c1-3-10-29(2)25(28)17-4-6-18(7-5-17)26(34)31-12-11-30(16-21(31)15-23(32)33)38(35,36)24-13-19-8-9-20(27)14-22(19)37-24/h4-9,13-14,21,28H,3,10-12,15-16H2,1-2H3,(H,32,33). The predicted octanol–water partition coefficient (Wildman–Crippen LogP) is 4.21. The summed E-state index contributed by atoms with van der Waals surface area (Å²) in [5, 5.41) is 19.1. The first-order valence-corrected chi connectivity index (χ1v) is 14.8. The number of carboxylic acids is 1. The number of hydrogen-bond acceptors (Lipinski definition) is 6. The van der Waals surface area contributed by atoms with Crippen LogP contribution in [-0.4, -0.2) is 84.6 Å². The number of rotatable bonds is 8. The van der Waals surface area contributed by atoms with Crippen molar-refractivity contribution in [3.8, 4) is 0 Å². The van der Waals surface area contributed by atoms with Gasteiger partial charge >= 0.3 is 5.97 Å². The lowest BCUT2D eigenvalue weighted by Gasteiger charge is -2.40. The molecule has 2 N–H and O–H groups in total. The third-order valence-electron chi connectivity index (χ3n) is 6.52. The Labute approximate surface area is 230 Å². The van der Waals surface area contributed by atoms with Gasteiger partial charge in [0, 0.05) is 54.1 Å². The smallest absolute Gasteiger partial charge is 0.305 e. The number of fused-ring (bicyclic) bond motifs is 1. The highest BCUT2D eigenvalue weighted by atomic mass is 35.5. The van der Waals surface area contributed by atoms with Crippen LogP contribution in [0.1, 0.15) is 35.7 Å². The molecule has 202 valence electrons. The van der Waals surface area contributed by atoms with Gasteiger partial charge in [0.2, 0.25) is 0 Å². The first-order valence-electron chi connectivity index (χ1n) is 12.1. The van der Waals surface area contributed by atoms with E-state index in [1.54, 1.807) is 48.5 Å². The molecule has 0 aliphatic carbocycles. The Morgan fingerprint density at radius 2 is 1.82 bits per heavy atom. The molecule has 1 saturated heterocycles. The molecule has 1 aromatic heterocycles. The molecule has 0 spiro atoms. The van der Waals surface area contributed by atoms with E-state index in [1.807, 2.05) is 18.9 Å². The van der Waals surface area contributed by atoms with Crippen molar-refractivity contribution in [1.29, 1.82) is 5.41 Å². The molecule has 1 amide bonds. The summed E-state index contributed by atoms with van der Waals surface area (Å²) >= 11 is 7.15. The predicted molar refractivity (Wildman–Crippen MR) is 149 cm³/mol. The Morgan fingerprint density at radius 1 is 1.13 bits per heavy atom. The van der Waals surface area contributed by atoms with E-state index < -0.39 is 22.0 Å². The molecular weight excluding hydrogens is 548 g/mol. The summed E-state index contributed by atoms with van der Waals surface area (Å²) in [6, 6.07) is 12.5. The average Bonchev–Trinajstić information content (AvgIpc) is 3.32. The molecule has 1 unspecified atom stereocenters. The number of benzene rings is 2. The molecule has 38 heavy (non-hydrogen) atoms. The maximum absolute atomic E-state index is 13.5. The number of hydrogen-bond donors (Lipinski definition) is 2. The molecule has 1 aliphatic heterocycles. The summed E-state index contributed by atoms with van der Waals surface area (Å²) < 4.78 is 29.0. The number of carbonyl (C=O) groups excluding carboxylic acids is 1. The largest absolute Gasteiger partial charge is 0.481 e. The average molecular weight is 577 g/mol. The fraction of sp³-hybridized carbons (Fsp3) is 0.346. The van der Waals surface area contributed by atoms with Crippen LogP contribution >= 0.6 is 22.9 Å². The van der Waals surface area contributed by atoms with E-state index in [2.05, 4.69) is 0 Å². The Morgan fingerprint density at radius 3 is 2.47 bits per heavy atom. The Kier molecular flexibility index (Phi) is 8.41. The summed E-state index contributed by atoms with van der Waals surface area (Å²) in [4.78, 5) is 28.3. The van der Waals surface area contributed by atoms with Gasteiger partial charge in [-0.05, 0) is 42.1 Å². The van der Waals surface area contributed by atoms with Gasteiger partial charge in [0.25, 0.3) is 15.9 Å². The molecule has 9 nitrogen and oxygen atoms in total. The van der Waals surface area contributed by atoms with E-state index in [0.717, 1.165) is 34.4 Å². The highest BCUT2D eigenvalue weighted by Gasteiger charge is 2.38. The molecule has 1 aliphatic rings. The molecule has 12 heteroatoms. The lowest BCUT2D eigenvalue weighted by atomic mass is 10.1. The van der Waals surface area contributed by atoms with Gasteiger partial charge in [0.05, 0.1) is 12.5 Å². The van der Waals surface area contributed by atoms with Crippen molar-refractivity contribution in [2.75, 3.05) is 33.2 Å². The number of nitrogens with one attached hydrogen (secondary N) is 1. The van der Waals surface area contributed by atoms with Crippen molar-refractivity contribution in [2.45, 2.75) is 30.0 Å². The summed E-state index contributed by atoms with van der Waals surface area (Å²) in [6.07, 6.45) is 0.518. The number of amidine groups is 1. The Hall–Kier alpha value is -2.99. The number of piperazine rings is 1. The molecule has 0 saturated carbocycles. The monoisotopic (exact) mass is 576 g/mol. The maximum Gasteiger partial charge on any atom is 0.305 e. The van der Waals surface area contributed by atoms with Crippen LogP contribution in [0, 0.1) is 5.41 Å². The molecular formula is C26H29ClN4O5S2. The number of sulfonamides is 1. The molecule has 0 bridgehead atoms. The molecule has 3 aromatic rings. The van der Waals surface area contributed by atoms with Crippen LogP contribution in [0.2, 0.25) is 5.02 Å². The van der Waals surface area contributed by atoms with Crippen LogP contribution in [0.5, 0.6) is 0 Å². The second-order valence-electron chi connectivity index (χ2n) is 9.21. The lowest BCUT2D eigenvalue weighted by molar-refractivity contribution is -0.138. The second kappa shape index (κ2) is 11.4. The summed E-state index contributed by atoms with van der Waals surface area (Å²) in [7, 11) is -2.06. The topological polar surface area (TPSA) is 122 Å². The minimum atomic E-state index is -3.90. The second-order valence-corrected chi connectivity index (χ2v) is 12.9. The van der Waals surface area contributed by atoms with Gasteiger partial charge in [-0.25, -0.2) is 8.42 Å². The molecule has 2 aromatic carbocycles. The van der Waals surface area contributed by atoms with Crippen LogP contribution < -0.4 is 0 Å². The van der Waals surface area contributed by atoms with Crippen molar-refractivity contribution in [1.82, 2.24) is 14.1 Å². The van der Waals surface area contributed by atoms with Crippen LogP contribution in [-0.2, 0) is 14.8 Å². The van der Waals surface area contributed by atoms with Crippen molar-refractivity contribution < 1.29 is 23.1 Å². The van der Waals surface area contributed by atoms with Gasteiger partial charge in [-0.2, -0.15) is 4.31 Å². The highest BCUT2D eigenvalue weighted by Crippen LogP contribution is 2.33. The molecule has 1 atom stereocenters. The fourth-order valence-corrected chi connectivity index (χ4v) is 7.83. The zero-order valence-electron chi connectivity index (χ0n) is 21.1. The Balaban J connectivity index is 1.54. The van der Waals surface area contributed by atoms with Gasteiger partial charge in [0.15, 0.2) is 0 Å². The van der Waals surface area contributed by atoms with Crippen LogP contribution in [0.3, 0.4) is 0 Å². The van der Waals surface area contributed by atoms with E-state index in [0.29, 0.717) is 22.0 Å². The van der Waals surface area contributed by atoms with Gasteiger partial charge in [0.1, 0.15) is 10.0 Å². The van der Waals surface area contributed by atoms with Gasteiger partial charge in [-0.1, -0.05) is 36.7 Å². The van der Waals surface area contributed by atoms with Crippen LogP contribution in [0.15, 0.2) is 52.7 Å². The first kappa shape index (κ1) is 28.0. The fourth-order valence-electron chi connectivity index (χ4n) is 4.53. The highest BCUT2D eigenvalue weighted by molar-refractivity contribution is 7.91. The number of nitrogens with zero attached hydrogens (tertiary/aromatic N) is 3. The van der Waals surface area contributed by atoms with Gasteiger partial charge < -0.3 is 14.9 Å². The summed E-state index contributed by atoms with van der Waals surface area (Å²) in [5.74, 6) is -1.15. The van der Waals surface area contributed by atoms with Gasteiger partial charge in [-0.15, -0.1) is 11.3 Å². The molecule has 0 radical (unpaired) electrons. The SMILES string of the molecule is CCCN(C)C(=N)c1ccc(C(=O)N2CCN(S(=O)(=O)c3cc4ccc(Cl)cc4s3)CC2CC(=O)O)cc1. The lowest BCUT2D eigenvalue weighted by Crippen LogP contribution is -2.57. The number of carbonyl (C=O) groups is 2. The van der Waals surface area contributed by atoms with Crippen molar-refractivity contribution >= 4 is 60.8 Å². The van der Waals surface area contributed by atoms with E-state index in [9.17, 15) is 23.1 Å². The Bertz CT molecular complexity index is 1470.